The number of hydrogen-bond donors (Lipinski definition) is 0. The first-order valence-electron chi connectivity index (χ1n) is 10.7. The Bertz CT molecular complexity index is 900. The van der Waals surface area contributed by atoms with Crippen LogP contribution in [0.2, 0.25) is 0 Å². The largest absolute Gasteiger partial charge is 0.490 e. The third-order valence-electron chi connectivity index (χ3n) is 5.97. The minimum Gasteiger partial charge on any atom is -0.490 e. The van der Waals surface area contributed by atoms with Crippen LogP contribution in [-0.4, -0.2) is 52.8 Å². The fraction of sp³-hybridized carbons (Fsp3) is 0.458. The van der Waals surface area contributed by atoms with E-state index in [0.717, 1.165) is 55.6 Å². The molecule has 2 amide bonds. The molecule has 0 bridgehead atoms. The molecule has 0 radical (unpaired) electrons. The summed E-state index contributed by atoms with van der Waals surface area (Å²) in [4.78, 5) is 32.7. The van der Waals surface area contributed by atoms with Crippen molar-refractivity contribution in [2.75, 3.05) is 20.1 Å². The second kappa shape index (κ2) is 8.86. The summed E-state index contributed by atoms with van der Waals surface area (Å²) in [5, 5.41) is 0. The van der Waals surface area contributed by atoms with Crippen molar-refractivity contribution in [3.8, 4) is 5.75 Å². The number of rotatable bonds is 6. The summed E-state index contributed by atoms with van der Waals surface area (Å²) < 4.78 is 6.10. The maximum Gasteiger partial charge on any atom is 0.253 e. The van der Waals surface area contributed by atoms with Crippen LogP contribution in [0.5, 0.6) is 5.75 Å². The summed E-state index contributed by atoms with van der Waals surface area (Å²) in [6.45, 7) is 4.09. The molecule has 4 rings (SSSR count). The smallest absolute Gasteiger partial charge is 0.253 e. The van der Waals surface area contributed by atoms with Crippen molar-refractivity contribution in [3.05, 3.63) is 59.4 Å². The number of carbonyl (C=O) groups excluding carboxylic acids is 2. The van der Waals surface area contributed by atoms with Gasteiger partial charge in [-0.05, 0) is 61.2 Å². The van der Waals surface area contributed by atoms with E-state index >= 15 is 0 Å². The first kappa shape index (κ1) is 20.4. The zero-order chi connectivity index (χ0) is 21.1. The number of carbonyl (C=O) groups is 2. The van der Waals surface area contributed by atoms with Crippen molar-refractivity contribution in [2.24, 2.45) is 5.92 Å². The van der Waals surface area contributed by atoms with E-state index in [4.69, 9.17) is 4.74 Å². The molecule has 1 aliphatic heterocycles. The van der Waals surface area contributed by atoms with Gasteiger partial charge in [-0.25, -0.2) is 0 Å². The topological polar surface area (TPSA) is 62.7 Å². The number of benzene rings is 1. The monoisotopic (exact) mass is 407 g/mol. The molecule has 1 aromatic carbocycles. The lowest BCUT2D eigenvalue weighted by molar-refractivity contribution is -0.134. The Kier molecular flexibility index (Phi) is 6.02. The number of likely N-dealkylation sites (tertiary alicyclic amines) is 1. The fourth-order valence-corrected chi connectivity index (χ4v) is 3.88. The van der Waals surface area contributed by atoms with Gasteiger partial charge in [0.05, 0.1) is 0 Å². The van der Waals surface area contributed by atoms with Crippen molar-refractivity contribution < 1.29 is 14.3 Å². The molecule has 158 valence electrons. The SMILES string of the molecule is Cc1cnccc1CN(C)C(=O)c1ccc(OC2CCN(C(=O)C3CC3)CC2)cc1. The Balaban J connectivity index is 1.29. The van der Waals surface area contributed by atoms with Crippen molar-refractivity contribution in [2.45, 2.75) is 45.3 Å². The van der Waals surface area contributed by atoms with E-state index in [2.05, 4.69) is 4.98 Å². The van der Waals surface area contributed by atoms with Gasteiger partial charge in [0.2, 0.25) is 5.91 Å². The molecule has 1 saturated carbocycles. The molecular weight excluding hydrogens is 378 g/mol. The van der Waals surface area contributed by atoms with Gasteiger partial charge in [0.15, 0.2) is 0 Å². The molecule has 1 aromatic heterocycles. The summed E-state index contributed by atoms with van der Waals surface area (Å²) in [5.41, 5.74) is 2.81. The molecule has 6 heteroatoms. The van der Waals surface area contributed by atoms with E-state index in [1.807, 2.05) is 55.4 Å². The lowest BCUT2D eigenvalue weighted by Gasteiger charge is -2.32. The lowest BCUT2D eigenvalue weighted by atomic mass is 10.1. The first-order chi connectivity index (χ1) is 14.5. The molecule has 30 heavy (non-hydrogen) atoms. The Hall–Kier alpha value is -2.89. The Morgan fingerprint density at radius 1 is 1.10 bits per heavy atom. The highest BCUT2D eigenvalue weighted by Crippen LogP contribution is 2.32. The first-order valence-corrected chi connectivity index (χ1v) is 10.7. The Morgan fingerprint density at radius 3 is 2.43 bits per heavy atom. The van der Waals surface area contributed by atoms with Crippen molar-refractivity contribution in [1.82, 2.24) is 14.8 Å². The zero-order valence-electron chi connectivity index (χ0n) is 17.7. The van der Waals surface area contributed by atoms with E-state index in [1.54, 1.807) is 11.1 Å². The molecule has 2 aromatic rings. The molecule has 0 spiro atoms. The van der Waals surface area contributed by atoms with Crippen LogP contribution in [0.3, 0.4) is 0 Å². The summed E-state index contributed by atoms with van der Waals surface area (Å²) in [5.74, 6) is 1.35. The highest BCUT2D eigenvalue weighted by atomic mass is 16.5. The van der Waals surface area contributed by atoms with Gasteiger partial charge in [0.1, 0.15) is 11.9 Å². The van der Waals surface area contributed by atoms with Gasteiger partial charge in [-0.1, -0.05) is 0 Å². The van der Waals surface area contributed by atoms with E-state index in [-0.39, 0.29) is 17.9 Å². The predicted molar refractivity (Wildman–Crippen MR) is 114 cm³/mol. The van der Waals surface area contributed by atoms with Crippen molar-refractivity contribution >= 4 is 11.8 Å². The van der Waals surface area contributed by atoms with Crippen LogP contribution in [0.1, 0.15) is 47.2 Å². The van der Waals surface area contributed by atoms with Crippen LogP contribution >= 0.6 is 0 Å². The molecule has 0 unspecified atom stereocenters. The van der Waals surface area contributed by atoms with E-state index in [1.165, 1.54) is 0 Å². The van der Waals surface area contributed by atoms with Gasteiger partial charge < -0.3 is 14.5 Å². The normalized spacial score (nSPS) is 16.9. The van der Waals surface area contributed by atoms with Gasteiger partial charge in [-0.2, -0.15) is 0 Å². The lowest BCUT2D eigenvalue weighted by Crippen LogP contribution is -2.42. The number of pyridine rings is 1. The van der Waals surface area contributed by atoms with E-state index in [0.29, 0.717) is 18.0 Å². The number of hydrogen-bond acceptors (Lipinski definition) is 4. The van der Waals surface area contributed by atoms with E-state index in [9.17, 15) is 9.59 Å². The fourth-order valence-electron chi connectivity index (χ4n) is 3.88. The highest BCUT2D eigenvalue weighted by Gasteiger charge is 2.35. The molecule has 1 saturated heterocycles. The van der Waals surface area contributed by atoms with Crippen molar-refractivity contribution in [3.63, 3.8) is 0 Å². The number of nitrogens with zero attached hydrogens (tertiary/aromatic N) is 3. The second-order valence-corrected chi connectivity index (χ2v) is 8.40. The van der Waals surface area contributed by atoms with Gasteiger partial charge in [0.25, 0.3) is 5.91 Å². The molecule has 0 atom stereocenters. The van der Waals surface area contributed by atoms with E-state index < -0.39 is 0 Å². The average molecular weight is 408 g/mol. The average Bonchev–Trinajstić information content (AvgIpc) is 3.61. The predicted octanol–water partition coefficient (Wildman–Crippen LogP) is 3.44. The summed E-state index contributed by atoms with van der Waals surface area (Å²) >= 11 is 0. The van der Waals surface area contributed by atoms with Gasteiger partial charge >= 0.3 is 0 Å². The number of aromatic nitrogens is 1. The third-order valence-corrected chi connectivity index (χ3v) is 5.97. The molecular formula is C24H29N3O3. The van der Waals surface area contributed by atoms with Crippen molar-refractivity contribution in [1.29, 1.82) is 0 Å². The van der Waals surface area contributed by atoms with Crippen LogP contribution < -0.4 is 4.74 Å². The summed E-state index contributed by atoms with van der Waals surface area (Å²) in [6, 6.07) is 9.30. The molecule has 0 N–H and O–H groups in total. The maximum atomic E-state index is 12.8. The Labute approximate surface area is 177 Å². The number of amides is 2. The Morgan fingerprint density at radius 2 is 1.80 bits per heavy atom. The molecule has 2 fully saturated rings. The summed E-state index contributed by atoms with van der Waals surface area (Å²) in [7, 11) is 1.81. The minimum atomic E-state index is -0.0235. The quantitative estimate of drug-likeness (QED) is 0.736. The molecule has 1 aliphatic carbocycles. The highest BCUT2D eigenvalue weighted by molar-refractivity contribution is 5.94. The van der Waals surface area contributed by atoms with Gasteiger partial charge in [0, 0.05) is 63.4 Å². The minimum absolute atomic E-state index is 0.0235. The molecule has 6 nitrogen and oxygen atoms in total. The second-order valence-electron chi connectivity index (χ2n) is 8.40. The zero-order valence-corrected chi connectivity index (χ0v) is 17.7. The van der Waals surface area contributed by atoms with Gasteiger partial charge in [-0.3, -0.25) is 14.6 Å². The third kappa shape index (κ3) is 4.81. The number of piperidine rings is 1. The molecule has 2 heterocycles. The van der Waals surface area contributed by atoms with Gasteiger partial charge in [-0.15, -0.1) is 0 Å². The van der Waals surface area contributed by atoms with Crippen LogP contribution in [0.15, 0.2) is 42.7 Å². The maximum absolute atomic E-state index is 12.8. The van der Waals surface area contributed by atoms with Crippen LogP contribution in [-0.2, 0) is 11.3 Å². The number of aryl methyl sites for hydroxylation is 1. The van der Waals surface area contributed by atoms with Crippen LogP contribution in [0, 0.1) is 12.8 Å². The summed E-state index contributed by atoms with van der Waals surface area (Å²) in [6.07, 6.45) is 7.49. The standard InChI is InChI=1S/C24H29N3O3/c1-17-15-25-12-9-20(17)16-26(2)23(28)18-5-7-21(8-6-18)30-22-10-13-27(14-11-22)24(29)19-3-4-19/h5-9,12,15,19,22H,3-4,10-11,13-14,16H2,1-2H3. The van der Waals surface area contributed by atoms with Crippen LogP contribution in [0.25, 0.3) is 0 Å². The number of ether oxygens (including phenoxy) is 1. The van der Waals surface area contributed by atoms with Crippen LogP contribution in [0.4, 0.5) is 0 Å². The molecule has 2 aliphatic rings.